The predicted molar refractivity (Wildman–Crippen MR) is 68.6 cm³/mol. The second-order valence-corrected chi connectivity index (χ2v) is 5.18. The van der Waals surface area contributed by atoms with Crippen molar-refractivity contribution in [3.05, 3.63) is 17.8 Å². The first-order valence-corrected chi connectivity index (χ1v) is 6.06. The second-order valence-electron chi connectivity index (χ2n) is 5.18. The summed E-state index contributed by atoms with van der Waals surface area (Å²) in [5.74, 6) is 1.75. The molecule has 2 N–H and O–H groups in total. The summed E-state index contributed by atoms with van der Waals surface area (Å²) >= 11 is 0. The predicted octanol–water partition coefficient (Wildman–Crippen LogP) is 2.60. The summed E-state index contributed by atoms with van der Waals surface area (Å²) in [5, 5.41) is 0. The molecule has 1 fully saturated rings. The van der Waals surface area contributed by atoms with E-state index in [-0.39, 0.29) is 0 Å². The van der Waals surface area contributed by atoms with Gasteiger partial charge < -0.3 is 10.6 Å². The van der Waals surface area contributed by atoms with Gasteiger partial charge in [0.05, 0.1) is 11.9 Å². The molecule has 0 unspecified atom stereocenters. The quantitative estimate of drug-likeness (QED) is 0.846. The van der Waals surface area contributed by atoms with Crippen LogP contribution in [0.5, 0.6) is 0 Å². The highest BCUT2D eigenvalue weighted by molar-refractivity contribution is 5.53. The molecule has 1 heterocycles. The van der Waals surface area contributed by atoms with Crippen LogP contribution in [0.15, 0.2) is 12.3 Å². The van der Waals surface area contributed by atoms with Gasteiger partial charge in [0.25, 0.3) is 0 Å². The maximum absolute atomic E-state index is 5.80. The van der Waals surface area contributed by atoms with Crippen LogP contribution in [0.3, 0.4) is 0 Å². The van der Waals surface area contributed by atoms with Crippen molar-refractivity contribution in [2.24, 2.45) is 5.92 Å². The van der Waals surface area contributed by atoms with E-state index >= 15 is 0 Å². The summed E-state index contributed by atoms with van der Waals surface area (Å²) in [6.45, 7) is 7.63. The summed E-state index contributed by atoms with van der Waals surface area (Å²) in [4.78, 5) is 6.88. The van der Waals surface area contributed by atoms with Crippen LogP contribution < -0.4 is 10.6 Å². The molecule has 0 bridgehead atoms. The van der Waals surface area contributed by atoms with Crippen molar-refractivity contribution in [3.8, 4) is 0 Å². The molecule has 0 saturated heterocycles. The van der Waals surface area contributed by atoms with Crippen LogP contribution in [0.25, 0.3) is 0 Å². The van der Waals surface area contributed by atoms with Crippen molar-refractivity contribution in [1.82, 2.24) is 4.98 Å². The van der Waals surface area contributed by atoms with E-state index in [0.717, 1.165) is 23.6 Å². The molecule has 1 aliphatic carbocycles. The maximum atomic E-state index is 5.80. The highest BCUT2D eigenvalue weighted by atomic mass is 15.2. The third kappa shape index (κ3) is 2.46. The van der Waals surface area contributed by atoms with Crippen molar-refractivity contribution < 1.29 is 0 Å². The van der Waals surface area contributed by atoms with Gasteiger partial charge in [0.15, 0.2) is 0 Å². The summed E-state index contributed by atoms with van der Waals surface area (Å²) in [6.07, 6.45) is 4.38. The lowest BCUT2D eigenvalue weighted by Crippen LogP contribution is -2.30. The Kier molecular flexibility index (Phi) is 3.03. The maximum Gasteiger partial charge on any atom is 0.129 e. The molecule has 1 saturated carbocycles. The summed E-state index contributed by atoms with van der Waals surface area (Å²) in [5.41, 5.74) is 7.71. The first kappa shape index (κ1) is 11.2. The number of nitrogens with zero attached hydrogens (tertiary/aromatic N) is 2. The van der Waals surface area contributed by atoms with Gasteiger partial charge >= 0.3 is 0 Å². The van der Waals surface area contributed by atoms with Gasteiger partial charge in [0.2, 0.25) is 0 Å². The molecule has 3 heteroatoms. The zero-order chi connectivity index (χ0) is 11.7. The molecule has 1 aliphatic rings. The highest BCUT2D eigenvalue weighted by Gasteiger charge is 2.30. The Morgan fingerprint density at radius 2 is 2.19 bits per heavy atom. The lowest BCUT2D eigenvalue weighted by molar-refractivity contribution is 0.602. The van der Waals surface area contributed by atoms with Crippen molar-refractivity contribution >= 4 is 11.5 Å². The molecule has 1 aromatic heterocycles. The Balaban J connectivity index is 2.20. The van der Waals surface area contributed by atoms with Crippen molar-refractivity contribution in [3.63, 3.8) is 0 Å². The van der Waals surface area contributed by atoms with Gasteiger partial charge in [-0.2, -0.15) is 0 Å². The minimum absolute atomic E-state index is 0.667. The molecule has 0 aliphatic heterocycles. The molecule has 0 atom stereocenters. The largest absolute Gasteiger partial charge is 0.397 e. The van der Waals surface area contributed by atoms with E-state index in [4.69, 9.17) is 5.73 Å². The van der Waals surface area contributed by atoms with E-state index in [2.05, 4.69) is 29.8 Å². The fourth-order valence-electron chi connectivity index (χ4n) is 1.92. The number of hydrogen-bond acceptors (Lipinski definition) is 3. The molecule has 88 valence electrons. The van der Waals surface area contributed by atoms with E-state index in [1.54, 1.807) is 6.20 Å². The molecule has 1 aromatic rings. The fraction of sp³-hybridized carbons (Fsp3) is 0.615. The normalized spacial score (nSPS) is 15.5. The van der Waals surface area contributed by atoms with Gasteiger partial charge in [-0.15, -0.1) is 0 Å². The fourth-order valence-corrected chi connectivity index (χ4v) is 1.92. The first-order chi connectivity index (χ1) is 7.58. The molecule has 2 rings (SSSR count). The van der Waals surface area contributed by atoms with Gasteiger partial charge in [0, 0.05) is 12.6 Å². The Labute approximate surface area is 97.7 Å². The number of pyridine rings is 1. The number of hydrogen-bond donors (Lipinski definition) is 1. The van der Waals surface area contributed by atoms with E-state index in [1.807, 2.05) is 6.92 Å². The number of anilines is 2. The average Bonchev–Trinajstić information content (AvgIpc) is 3.02. The summed E-state index contributed by atoms with van der Waals surface area (Å²) in [6, 6.07) is 2.81. The van der Waals surface area contributed by atoms with E-state index in [0.29, 0.717) is 12.0 Å². The zero-order valence-electron chi connectivity index (χ0n) is 10.4. The van der Waals surface area contributed by atoms with E-state index in [9.17, 15) is 0 Å². The lowest BCUT2D eigenvalue weighted by Gasteiger charge is -2.26. The molecule has 0 radical (unpaired) electrons. The van der Waals surface area contributed by atoms with Crippen molar-refractivity contribution in [2.75, 3.05) is 17.2 Å². The van der Waals surface area contributed by atoms with Crippen molar-refractivity contribution in [2.45, 2.75) is 39.7 Å². The number of nitrogen functional groups attached to an aromatic ring is 1. The molecular weight excluding hydrogens is 198 g/mol. The smallest absolute Gasteiger partial charge is 0.129 e. The SMILES string of the molecule is Cc1cc(N(CC(C)C)C2CC2)ncc1N. The van der Waals surface area contributed by atoms with Crippen LogP contribution in [0.1, 0.15) is 32.3 Å². The number of rotatable bonds is 4. The summed E-state index contributed by atoms with van der Waals surface area (Å²) in [7, 11) is 0. The molecular formula is C13H21N3. The third-order valence-electron chi connectivity index (χ3n) is 2.98. The zero-order valence-corrected chi connectivity index (χ0v) is 10.4. The van der Waals surface area contributed by atoms with Crippen LogP contribution in [0.2, 0.25) is 0 Å². The van der Waals surface area contributed by atoms with Crippen LogP contribution in [0.4, 0.5) is 11.5 Å². The second kappa shape index (κ2) is 4.32. The molecule has 0 amide bonds. The molecule has 0 spiro atoms. The monoisotopic (exact) mass is 219 g/mol. The Hall–Kier alpha value is -1.25. The Morgan fingerprint density at radius 1 is 1.50 bits per heavy atom. The van der Waals surface area contributed by atoms with Gasteiger partial charge in [-0.1, -0.05) is 13.8 Å². The summed E-state index contributed by atoms with van der Waals surface area (Å²) < 4.78 is 0. The number of aryl methyl sites for hydroxylation is 1. The lowest BCUT2D eigenvalue weighted by atomic mass is 10.2. The van der Waals surface area contributed by atoms with Crippen molar-refractivity contribution in [1.29, 1.82) is 0 Å². The minimum Gasteiger partial charge on any atom is -0.397 e. The first-order valence-electron chi connectivity index (χ1n) is 6.06. The standard InChI is InChI=1S/C13H21N3/c1-9(2)8-16(11-4-5-11)13-6-10(3)12(14)7-15-13/h6-7,9,11H,4-5,8,14H2,1-3H3. The average molecular weight is 219 g/mol. The van der Waals surface area contributed by atoms with E-state index in [1.165, 1.54) is 12.8 Å². The molecule has 3 nitrogen and oxygen atoms in total. The van der Waals surface area contributed by atoms with Gasteiger partial charge in [-0.05, 0) is 37.3 Å². The number of aromatic nitrogens is 1. The Bertz CT molecular complexity index is 369. The topological polar surface area (TPSA) is 42.2 Å². The van der Waals surface area contributed by atoms with Crippen LogP contribution in [-0.4, -0.2) is 17.6 Å². The third-order valence-corrected chi connectivity index (χ3v) is 2.98. The molecule has 0 aromatic carbocycles. The van der Waals surface area contributed by atoms with Crippen LogP contribution in [-0.2, 0) is 0 Å². The van der Waals surface area contributed by atoms with Gasteiger partial charge in [-0.25, -0.2) is 4.98 Å². The highest BCUT2D eigenvalue weighted by Crippen LogP contribution is 2.32. The van der Waals surface area contributed by atoms with Gasteiger partial charge in [-0.3, -0.25) is 0 Å². The Morgan fingerprint density at radius 3 is 2.69 bits per heavy atom. The molecule has 16 heavy (non-hydrogen) atoms. The minimum atomic E-state index is 0.667. The van der Waals surface area contributed by atoms with E-state index < -0.39 is 0 Å². The van der Waals surface area contributed by atoms with Crippen LogP contribution in [0, 0.1) is 12.8 Å². The number of nitrogens with two attached hydrogens (primary N) is 1. The van der Waals surface area contributed by atoms with Gasteiger partial charge in [0.1, 0.15) is 5.82 Å². The van der Waals surface area contributed by atoms with Crippen LogP contribution >= 0.6 is 0 Å².